The molecule has 6 nitrogen and oxygen atoms in total. The van der Waals surface area contributed by atoms with Gasteiger partial charge >= 0.3 is 5.97 Å². The van der Waals surface area contributed by atoms with Crippen LogP contribution in [0.25, 0.3) is 11.1 Å². The maximum absolute atomic E-state index is 11.6. The number of fused-ring (bicyclic) bond motifs is 3. The van der Waals surface area contributed by atoms with Gasteiger partial charge in [0.25, 0.3) is 0 Å². The lowest BCUT2D eigenvalue weighted by molar-refractivity contribution is -0.147. The van der Waals surface area contributed by atoms with Crippen molar-refractivity contribution in [3.63, 3.8) is 0 Å². The summed E-state index contributed by atoms with van der Waals surface area (Å²) in [5, 5.41) is 9.94. The molecule has 2 unspecified atom stereocenters. The molecular formula is C34H34ClNO5. The Kier molecular flexibility index (Phi) is 8.93. The van der Waals surface area contributed by atoms with E-state index in [4.69, 9.17) is 31.5 Å². The minimum atomic E-state index is -0.591. The predicted octanol–water partition coefficient (Wildman–Crippen LogP) is 5.69. The van der Waals surface area contributed by atoms with Crippen LogP contribution in [0.2, 0.25) is 0 Å². The summed E-state index contributed by atoms with van der Waals surface area (Å²) in [6, 6.07) is 33.2. The van der Waals surface area contributed by atoms with Crippen molar-refractivity contribution in [1.29, 1.82) is 0 Å². The molecule has 0 heterocycles. The van der Waals surface area contributed by atoms with Gasteiger partial charge in [-0.2, -0.15) is 0 Å². The number of benzene rings is 4. The largest absolute Gasteiger partial charge is 0.491 e. The van der Waals surface area contributed by atoms with Crippen LogP contribution in [-0.2, 0) is 14.9 Å². The Morgan fingerprint density at radius 3 is 1.76 bits per heavy atom. The molecule has 0 saturated carbocycles. The number of ether oxygens (including phenoxy) is 3. The van der Waals surface area contributed by atoms with Gasteiger partial charge in [0, 0.05) is 0 Å². The Bertz CT molecular complexity index is 1430. The van der Waals surface area contributed by atoms with Gasteiger partial charge in [-0.05, 0) is 64.1 Å². The third-order valence-corrected chi connectivity index (χ3v) is 7.86. The lowest BCUT2D eigenvalue weighted by Gasteiger charge is -2.34. The fourth-order valence-electron chi connectivity index (χ4n) is 5.47. The average molecular weight is 572 g/mol. The number of carbonyl (C=O) groups is 1. The van der Waals surface area contributed by atoms with E-state index in [0.29, 0.717) is 17.9 Å². The first-order valence-corrected chi connectivity index (χ1v) is 14.3. The van der Waals surface area contributed by atoms with Gasteiger partial charge in [-0.1, -0.05) is 79.7 Å². The van der Waals surface area contributed by atoms with Crippen LogP contribution in [0.4, 0.5) is 0 Å². The number of hydrogen-bond donors (Lipinski definition) is 2. The van der Waals surface area contributed by atoms with Crippen molar-refractivity contribution < 1.29 is 24.1 Å². The molecule has 0 amide bonds. The summed E-state index contributed by atoms with van der Waals surface area (Å²) in [7, 11) is 0. The lowest BCUT2D eigenvalue weighted by atomic mass is 9.68. The first kappa shape index (κ1) is 28.7. The fourth-order valence-corrected chi connectivity index (χ4v) is 5.62. The SMILES string of the molecule is CCC(O)COc1ccc(C2(c3ccc(OCC(CCl)OC(=O)CN)cc3)c3ccccc3-c3ccccc32)cc1. The summed E-state index contributed by atoms with van der Waals surface area (Å²) in [6.45, 7) is 2.10. The molecule has 1 aliphatic carbocycles. The number of halogens is 1. The van der Waals surface area contributed by atoms with Crippen molar-refractivity contribution in [2.45, 2.75) is 31.0 Å². The summed E-state index contributed by atoms with van der Waals surface area (Å²) >= 11 is 5.96. The van der Waals surface area contributed by atoms with Crippen molar-refractivity contribution in [2.24, 2.45) is 5.73 Å². The van der Waals surface area contributed by atoms with Gasteiger partial charge in [-0.3, -0.25) is 4.79 Å². The average Bonchev–Trinajstić information content (AvgIpc) is 3.33. The van der Waals surface area contributed by atoms with E-state index >= 15 is 0 Å². The normalized spacial score (nSPS) is 14.4. The van der Waals surface area contributed by atoms with E-state index in [1.807, 2.05) is 31.2 Å². The minimum absolute atomic E-state index is 0.109. The van der Waals surface area contributed by atoms with Gasteiger partial charge in [-0.15, -0.1) is 11.6 Å². The molecule has 4 aromatic rings. The van der Waals surface area contributed by atoms with E-state index in [1.54, 1.807) is 0 Å². The Morgan fingerprint density at radius 1 is 0.805 bits per heavy atom. The zero-order valence-electron chi connectivity index (χ0n) is 23.0. The third-order valence-electron chi connectivity index (χ3n) is 7.51. The molecule has 0 radical (unpaired) electrons. The van der Waals surface area contributed by atoms with Crippen molar-refractivity contribution in [3.05, 3.63) is 119 Å². The van der Waals surface area contributed by atoms with Crippen LogP contribution in [0.5, 0.6) is 11.5 Å². The fraction of sp³-hybridized carbons (Fsp3) is 0.265. The summed E-state index contributed by atoms with van der Waals surface area (Å²) in [6.07, 6.45) is -0.450. The number of alkyl halides is 1. The van der Waals surface area contributed by atoms with Gasteiger partial charge in [0.15, 0.2) is 0 Å². The number of esters is 1. The summed E-state index contributed by atoms with van der Waals surface area (Å²) in [5.41, 5.74) is 11.8. The Balaban J connectivity index is 1.53. The smallest absolute Gasteiger partial charge is 0.320 e. The summed E-state index contributed by atoms with van der Waals surface area (Å²) in [4.78, 5) is 11.6. The molecule has 0 aliphatic heterocycles. The van der Waals surface area contributed by atoms with Crippen molar-refractivity contribution >= 4 is 17.6 Å². The third kappa shape index (κ3) is 5.68. The van der Waals surface area contributed by atoms with Crippen LogP contribution >= 0.6 is 11.6 Å². The second-order valence-electron chi connectivity index (χ2n) is 10.0. The molecule has 0 aromatic heterocycles. The molecule has 0 spiro atoms. The van der Waals surface area contributed by atoms with Crippen LogP contribution in [-0.4, -0.2) is 48.9 Å². The Morgan fingerprint density at radius 2 is 1.29 bits per heavy atom. The lowest BCUT2D eigenvalue weighted by Crippen LogP contribution is -2.30. The van der Waals surface area contributed by atoms with Gasteiger partial charge in [-0.25, -0.2) is 0 Å². The number of aliphatic hydroxyl groups excluding tert-OH is 1. The molecule has 41 heavy (non-hydrogen) atoms. The van der Waals surface area contributed by atoms with E-state index in [-0.39, 0.29) is 25.6 Å². The first-order chi connectivity index (χ1) is 20.0. The van der Waals surface area contributed by atoms with Crippen molar-refractivity contribution in [2.75, 3.05) is 25.6 Å². The Labute approximate surface area is 245 Å². The van der Waals surface area contributed by atoms with Crippen LogP contribution in [0.1, 0.15) is 35.6 Å². The molecule has 7 heteroatoms. The van der Waals surface area contributed by atoms with Crippen LogP contribution in [0, 0.1) is 0 Å². The second kappa shape index (κ2) is 12.8. The van der Waals surface area contributed by atoms with Crippen LogP contribution in [0.3, 0.4) is 0 Å². The highest BCUT2D eigenvalue weighted by Crippen LogP contribution is 2.56. The molecule has 0 bridgehead atoms. The van der Waals surface area contributed by atoms with Crippen LogP contribution in [0.15, 0.2) is 97.1 Å². The zero-order chi connectivity index (χ0) is 28.8. The number of hydrogen-bond acceptors (Lipinski definition) is 6. The quantitative estimate of drug-likeness (QED) is 0.148. The van der Waals surface area contributed by atoms with Gasteiger partial charge in [0.05, 0.1) is 23.9 Å². The molecule has 1 aliphatic rings. The van der Waals surface area contributed by atoms with Gasteiger partial charge in [0.2, 0.25) is 0 Å². The van der Waals surface area contributed by atoms with Crippen LogP contribution < -0.4 is 15.2 Å². The van der Waals surface area contributed by atoms with E-state index in [2.05, 4.69) is 72.8 Å². The highest BCUT2D eigenvalue weighted by Gasteiger charge is 2.45. The molecule has 3 N–H and O–H groups in total. The highest BCUT2D eigenvalue weighted by atomic mass is 35.5. The molecule has 2 atom stereocenters. The van der Waals surface area contributed by atoms with E-state index in [1.165, 1.54) is 22.3 Å². The van der Waals surface area contributed by atoms with Crippen molar-refractivity contribution in [3.8, 4) is 22.6 Å². The standard InChI is InChI=1S/C34H34ClNO5/c1-2-25(37)21-39-26-15-11-23(12-16-26)34(31-9-5-3-7-29(31)30-8-4-6-10-32(30)34)24-13-17-27(18-14-24)40-22-28(19-35)41-33(38)20-36/h3-18,25,28,37H,2,19-22,36H2,1H3. The monoisotopic (exact) mass is 571 g/mol. The highest BCUT2D eigenvalue weighted by molar-refractivity contribution is 6.18. The molecule has 5 rings (SSSR count). The topological polar surface area (TPSA) is 91.0 Å². The predicted molar refractivity (Wildman–Crippen MR) is 161 cm³/mol. The maximum Gasteiger partial charge on any atom is 0.320 e. The van der Waals surface area contributed by atoms with E-state index < -0.39 is 23.6 Å². The molecule has 0 fully saturated rings. The summed E-state index contributed by atoms with van der Waals surface area (Å²) < 4.78 is 17.0. The van der Waals surface area contributed by atoms with Gasteiger partial charge < -0.3 is 25.1 Å². The van der Waals surface area contributed by atoms with Crippen molar-refractivity contribution in [1.82, 2.24) is 0 Å². The Hall–Kier alpha value is -3.84. The number of rotatable bonds is 12. The zero-order valence-corrected chi connectivity index (χ0v) is 23.7. The number of carbonyl (C=O) groups excluding carboxylic acids is 1. The van der Waals surface area contributed by atoms with E-state index in [0.717, 1.165) is 11.1 Å². The minimum Gasteiger partial charge on any atom is -0.491 e. The molecule has 4 aromatic carbocycles. The maximum atomic E-state index is 11.6. The number of aliphatic hydroxyl groups is 1. The molecular weight excluding hydrogens is 538 g/mol. The number of nitrogens with two attached hydrogens (primary N) is 1. The van der Waals surface area contributed by atoms with Gasteiger partial charge in [0.1, 0.15) is 30.8 Å². The first-order valence-electron chi connectivity index (χ1n) is 13.8. The second-order valence-corrected chi connectivity index (χ2v) is 10.4. The molecule has 212 valence electrons. The van der Waals surface area contributed by atoms with E-state index in [9.17, 15) is 9.90 Å². The summed E-state index contributed by atoms with van der Waals surface area (Å²) in [5.74, 6) is 0.940. The molecule has 0 saturated heterocycles.